The molecule has 0 unspecified atom stereocenters. The molecule has 3 heterocycles. The molecule has 0 bridgehead atoms. The van der Waals surface area contributed by atoms with Crippen molar-refractivity contribution in [1.29, 1.82) is 0 Å². The number of aryl methyl sites for hydroxylation is 2. The summed E-state index contributed by atoms with van der Waals surface area (Å²) in [7, 11) is 0. The van der Waals surface area contributed by atoms with E-state index in [2.05, 4.69) is 25.1 Å². The van der Waals surface area contributed by atoms with Gasteiger partial charge in [-0.2, -0.15) is 5.10 Å². The fourth-order valence-corrected chi connectivity index (χ4v) is 2.54. The van der Waals surface area contributed by atoms with E-state index in [1.54, 1.807) is 0 Å². The SMILES string of the molecule is Cc1cc(=O)[nH]c([C@H]2CN(Cc3cn[nH]c3C)CCO2)n1. The Morgan fingerprint density at radius 3 is 3.05 bits per heavy atom. The van der Waals surface area contributed by atoms with Crippen LogP contribution in [0.1, 0.15) is 28.9 Å². The lowest BCUT2D eigenvalue weighted by Crippen LogP contribution is -2.39. The van der Waals surface area contributed by atoms with E-state index in [0.717, 1.165) is 18.8 Å². The lowest BCUT2D eigenvalue weighted by atomic mass is 10.2. The second-order valence-electron chi connectivity index (χ2n) is 5.39. The first-order valence-corrected chi connectivity index (χ1v) is 7.02. The highest BCUT2D eigenvalue weighted by atomic mass is 16.5. The summed E-state index contributed by atoms with van der Waals surface area (Å²) >= 11 is 0. The van der Waals surface area contributed by atoms with Gasteiger partial charge >= 0.3 is 0 Å². The van der Waals surface area contributed by atoms with Gasteiger partial charge in [-0.1, -0.05) is 0 Å². The number of aromatic amines is 2. The van der Waals surface area contributed by atoms with Gasteiger partial charge in [-0.05, 0) is 13.8 Å². The molecule has 0 aliphatic carbocycles. The number of nitrogens with one attached hydrogen (secondary N) is 2. The number of hydrogen-bond donors (Lipinski definition) is 2. The average Bonchev–Trinajstić information content (AvgIpc) is 2.84. The van der Waals surface area contributed by atoms with Crippen molar-refractivity contribution in [3.8, 4) is 0 Å². The van der Waals surface area contributed by atoms with Gasteiger partial charge in [0.15, 0.2) is 0 Å². The summed E-state index contributed by atoms with van der Waals surface area (Å²) in [5, 5.41) is 6.99. The molecule has 1 aliphatic rings. The highest BCUT2D eigenvalue weighted by Gasteiger charge is 2.24. The lowest BCUT2D eigenvalue weighted by Gasteiger charge is -2.32. The summed E-state index contributed by atoms with van der Waals surface area (Å²) in [6.45, 7) is 6.83. The zero-order chi connectivity index (χ0) is 14.8. The standard InChI is InChI=1S/C14H19N5O2/c1-9-5-13(20)17-14(16-9)12-8-19(3-4-21-12)7-11-6-15-18-10(11)2/h5-6,12H,3-4,7-8H2,1-2H3,(H,15,18)(H,16,17,20)/t12-/m1/s1. The van der Waals surface area contributed by atoms with Crippen LogP contribution in [0.5, 0.6) is 0 Å². The summed E-state index contributed by atoms with van der Waals surface area (Å²) in [5.41, 5.74) is 2.84. The van der Waals surface area contributed by atoms with E-state index in [9.17, 15) is 4.79 Å². The van der Waals surface area contributed by atoms with Crippen LogP contribution in [0.3, 0.4) is 0 Å². The minimum Gasteiger partial charge on any atom is -0.368 e. The third-order valence-corrected chi connectivity index (χ3v) is 3.67. The van der Waals surface area contributed by atoms with Gasteiger partial charge in [-0.3, -0.25) is 14.8 Å². The molecule has 1 saturated heterocycles. The van der Waals surface area contributed by atoms with Crippen LogP contribution in [-0.4, -0.2) is 44.8 Å². The van der Waals surface area contributed by atoms with Crippen molar-refractivity contribution >= 4 is 0 Å². The van der Waals surface area contributed by atoms with Gasteiger partial charge < -0.3 is 9.72 Å². The number of aromatic nitrogens is 4. The molecule has 112 valence electrons. The predicted octanol–water partition coefficient (Wildman–Crippen LogP) is 0.683. The van der Waals surface area contributed by atoms with E-state index in [1.807, 2.05) is 20.0 Å². The minimum absolute atomic E-state index is 0.135. The molecule has 21 heavy (non-hydrogen) atoms. The second-order valence-corrected chi connectivity index (χ2v) is 5.39. The predicted molar refractivity (Wildman–Crippen MR) is 76.9 cm³/mol. The molecule has 2 N–H and O–H groups in total. The van der Waals surface area contributed by atoms with Crippen molar-refractivity contribution in [2.75, 3.05) is 19.7 Å². The molecule has 1 aliphatic heterocycles. The molecule has 0 radical (unpaired) electrons. The number of ether oxygens (including phenoxy) is 1. The maximum Gasteiger partial charge on any atom is 0.251 e. The Balaban J connectivity index is 1.73. The van der Waals surface area contributed by atoms with E-state index in [4.69, 9.17) is 4.74 Å². The number of morpholine rings is 1. The maximum absolute atomic E-state index is 11.6. The third-order valence-electron chi connectivity index (χ3n) is 3.67. The Labute approximate surface area is 122 Å². The Morgan fingerprint density at radius 2 is 2.33 bits per heavy atom. The van der Waals surface area contributed by atoms with Gasteiger partial charge in [0.1, 0.15) is 11.9 Å². The van der Waals surface area contributed by atoms with E-state index < -0.39 is 0 Å². The monoisotopic (exact) mass is 289 g/mol. The first-order chi connectivity index (χ1) is 10.1. The van der Waals surface area contributed by atoms with E-state index in [-0.39, 0.29) is 11.7 Å². The molecular formula is C14H19N5O2. The molecule has 3 rings (SSSR count). The fourth-order valence-electron chi connectivity index (χ4n) is 2.54. The molecule has 7 nitrogen and oxygen atoms in total. The third kappa shape index (κ3) is 3.20. The summed E-state index contributed by atoms with van der Waals surface area (Å²) < 4.78 is 5.76. The molecule has 1 atom stereocenters. The Bertz CT molecular complexity index is 678. The average molecular weight is 289 g/mol. The van der Waals surface area contributed by atoms with Crippen molar-refractivity contribution in [2.24, 2.45) is 0 Å². The molecule has 7 heteroatoms. The van der Waals surface area contributed by atoms with E-state index >= 15 is 0 Å². The number of H-pyrrole nitrogens is 2. The number of nitrogens with zero attached hydrogens (tertiary/aromatic N) is 3. The lowest BCUT2D eigenvalue weighted by molar-refractivity contribution is -0.0374. The van der Waals surface area contributed by atoms with Crippen molar-refractivity contribution in [3.05, 3.63) is 45.4 Å². The molecular weight excluding hydrogens is 270 g/mol. The number of hydrogen-bond acceptors (Lipinski definition) is 5. The highest BCUT2D eigenvalue weighted by molar-refractivity contribution is 5.14. The zero-order valence-corrected chi connectivity index (χ0v) is 12.2. The van der Waals surface area contributed by atoms with Crippen LogP contribution >= 0.6 is 0 Å². The van der Waals surface area contributed by atoms with Gasteiger partial charge in [-0.15, -0.1) is 0 Å². The van der Waals surface area contributed by atoms with Gasteiger partial charge in [-0.25, -0.2) is 4.98 Å². The molecule has 0 saturated carbocycles. The quantitative estimate of drug-likeness (QED) is 0.868. The molecule has 1 fully saturated rings. The number of rotatable bonds is 3. The zero-order valence-electron chi connectivity index (χ0n) is 12.2. The largest absolute Gasteiger partial charge is 0.368 e. The second kappa shape index (κ2) is 5.79. The maximum atomic E-state index is 11.6. The van der Waals surface area contributed by atoms with Crippen molar-refractivity contribution < 1.29 is 4.74 Å². The smallest absolute Gasteiger partial charge is 0.251 e. The van der Waals surface area contributed by atoms with Gasteiger partial charge in [0, 0.05) is 42.7 Å². The minimum atomic E-state index is -0.196. The highest BCUT2D eigenvalue weighted by Crippen LogP contribution is 2.20. The van der Waals surface area contributed by atoms with Crippen molar-refractivity contribution in [3.63, 3.8) is 0 Å². The van der Waals surface area contributed by atoms with Crippen LogP contribution < -0.4 is 5.56 Å². The first-order valence-electron chi connectivity index (χ1n) is 7.02. The Kier molecular flexibility index (Phi) is 3.85. The molecule has 0 aromatic carbocycles. The molecule has 2 aromatic rings. The van der Waals surface area contributed by atoms with Crippen molar-refractivity contribution in [1.82, 2.24) is 25.1 Å². The Morgan fingerprint density at radius 1 is 1.48 bits per heavy atom. The van der Waals surface area contributed by atoms with Crippen LogP contribution in [0.25, 0.3) is 0 Å². The van der Waals surface area contributed by atoms with Crippen LogP contribution in [-0.2, 0) is 11.3 Å². The van der Waals surface area contributed by atoms with E-state index in [0.29, 0.717) is 24.7 Å². The summed E-state index contributed by atoms with van der Waals surface area (Å²) in [4.78, 5) is 21.0. The van der Waals surface area contributed by atoms with Gasteiger partial charge in [0.05, 0.1) is 12.8 Å². The molecule has 0 spiro atoms. The molecule has 2 aromatic heterocycles. The van der Waals surface area contributed by atoms with Crippen molar-refractivity contribution in [2.45, 2.75) is 26.5 Å². The fraction of sp³-hybridized carbons (Fsp3) is 0.500. The first kappa shape index (κ1) is 14.0. The van der Waals surface area contributed by atoms with Crippen LogP contribution in [0, 0.1) is 13.8 Å². The van der Waals surface area contributed by atoms with Crippen LogP contribution in [0.15, 0.2) is 17.1 Å². The molecule has 0 amide bonds. The summed E-state index contributed by atoms with van der Waals surface area (Å²) in [5.74, 6) is 0.605. The van der Waals surface area contributed by atoms with E-state index in [1.165, 1.54) is 11.6 Å². The van der Waals surface area contributed by atoms with Gasteiger partial charge in [0.2, 0.25) is 0 Å². The van der Waals surface area contributed by atoms with Crippen LogP contribution in [0.4, 0.5) is 0 Å². The summed E-state index contributed by atoms with van der Waals surface area (Å²) in [6.07, 6.45) is 1.66. The Hall–Kier alpha value is -1.99. The van der Waals surface area contributed by atoms with Crippen LogP contribution in [0.2, 0.25) is 0 Å². The topological polar surface area (TPSA) is 86.9 Å². The normalized spacial score (nSPS) is 19.8. The summed E-state index contributed by atoms with van der Waals surface area (Å²) in [6, 6.07) is 1.49. The van der Waals surface area contributed by atoms with Gasteiger partial charge in [0.25, 0.3) is 5.56 Å².